The molecule has 1 aromatic carbocycles. The summed E-state index contributed by atoms with van der Waals surface area (Å²) >= 11 is 0. The van der Waals surface area contributed by atoms with Gasteiger partial charge < -0.3 is 5.11 Å². The van der Waals surface area contributed by atoms with Gasteiger partial charge in [-0.1, -0.05) is 38.1 Å². The van der Waals surface area contributed by atoms with E-state index in [2.05, 4.69) is 0 Å². The summed E-state index contributed by atoms with van der Waals surface area (Å²) in [5, 5.41) is 8.86. The van der Waals surface area contributed by atoms with Crippen LogP contribution in [0.4, 0.5) is 4.39 Å². The second-order valence-corrected chi connectivity index (χ2v) is 3.90. The fraction of sp³-hybridized carbons (Fsp3) is 0.500. The highest BCUT2D eigenvalue weighted by Crippen LogP contribution is 2.24. The van der Waals surface area contributed by atoms with Gasteiger partial charge in [0.1, 0.15) is 0 Å². The quantitative estimate of drug-likeness (QED) is 0.785. The van der Waals surface area contributed by atoms with Crippen molar-refractivity contribution in [2.45, 2.75) is 26.4 Å². The fourth-order valence-electron chi connectivity index (χ4n) is 1.52. The molecule has 0 heterocycles. The van der Waals surface area contributed by atoms with Gasteiger partial charge in [0.15, 0.2) is 0 Å². The van der Waals surface area contributed by atoms with Crippen LogP contribution in [0.1, 0.15) is 30.9 Å². The Kier molecular flexibility index (Phi) is 4.08. The van der Waals surface area contributed by atoms with Crippen molar-refractivity contribution in [3.63, 3.8) is 0 Å². The van der Waals surface area contributed by atoms with E-state index in [4.69, 9.17) is 5.11 Å². The standard InChI is InChI=1S/C12H17FO/c1-9(2)12(7-13)11-5-3-10(8-14)4-6-11/h3-6,9,12,14H,7-8H2,1-2H3. The van der Waals surface area contributed by atoms with Gasteiger partial charge in [0.2, 0.25) is 0 Å². The molecule has 0 radical (unpaired) electrons. The normalized spacial score (nSPS) is 13.2. The minimum atomic E-state index is -0.323. The lowest BCUT2D eigenvalue weighted by atomic mass is 9.89. The van der Waals surface area contributed by atoms with Crippen LogP contribution in [0, 0.1) is 5.92 Å². The van der Waals surface area contributed by atoms with Crippen LogP contribution in [-0.2, 0) is 6.61 Å². The van der Waals surface area contributed by atoms with Crippen LogP contribution in [-0.4, -0.2) is 11.8 Å². The molecule has 1 nitrogen and oxygen atoms in total. The predicted octanol–water partition coefficient (Wildman–Crippen LogP) is 2.89. The molecule has 78 valence electrons. The first-order chi connectivity index (χ1) is 6.69. The van der Waals surface area contributed by atoms with Gasteiger partial charge in [0, 0.05) is 5.92 Å². The van der Waals surface area contributed by atoms with E-state index in [-0.39, 0.29) is 19.2 Å². The van der Waals surface area contributed by atoms with E-state index in [0.29, 0.717) is 5.92 Å². The van der Waals surface area contributed by atoms with E-state index >= 15 is 0 Å². The van der Waals surface area contributed by atoms with E-state index in [1.54, 1.807) is 0 Å². The number of hydrogen-bond acceptors (Lipinski definition) is 1. The molecule has 0 aliphatic rings. The van der Waals surface area contributed by atoms with E-state index in [1.807, 2.05) is 38.1 Å². The number of hydrogen-bond donors (Lipinski definition) is 1. The van der Waals surface area contributed by atoms with E-state index in [9.17, 15) is 4.39 Å². The summed E-state index contributed by atoms with van der Waals surface area (Å²) in [6, 6.07) is 7.49. The van der Waals surface area contributed by atoms with Gasteiger partial charge >= 0.3 is 0 Å². The van der Waals surface area contributed by atoms with E-state index in [1.165, 1.54) is 0 Å². The lowest BCUT2D eigenvalue weighted by Crippen LogP contribution is -2.08. The first-order valence-electron chi connectivity index (χ1n) is 4.94. The Balaban J connectivity index is 2.84. The Morgan fingerprint density at radius 3 is 2.14 bits per heavy atom. The fourth-order valence-corrected chi connectivity index (χ4v) is 1.52. The Morgan fingerprint density at radius 2 is 1.79 bits per heavy atom. The topological polar surface area (TPSA) is 20.2 Å². The van der Waals surface area contributed by atoms with E-state index < -0.39 is 0 Å². The number of halogens is 1. The molecule has 0 fully saturated rings. The molecule has 0 saturated carbocycles. The summed E-state index contributed by atoms with van der Waals surface area (Å²) in [6.45, 7) is 3.76. The van der Waals surface area contributed by atoms with Crippen LogP contribution in [0.3, 0.4) is 0 Å². The molecule has 0 aliphatic heterocycles. The molecule has 0 amide bonds. The number of rotatable bonds is 4. The predicted molar refractivity (Wildman–Crippen MR) is 55.9 cm³/mol. The lowest BCUT2D eigenvalue weighted by Gasteiger charge is -2.17. The molecule has 1 N–H and O–H groups in total. The van der Waals surface area contributed by atoms with Crippen molar-refractivity contribution in [1.29, 1.82) is 0 Å². The largest absolute Gasteiger partial charge is 0.392 e. The molecular formula is C12H17FO. The monoisotopic (exact) mass is 196 g/mol. The number of aliphatic hydroxyl groups is 1. The maximum atomic E-state index is 12.7. The minimum absolute atomic E-state index is 0.0252. The molecule has 14 heavy (non-hydrogen) atoms. The third-order valence-corrected chi connectivity index (χ3v) is 2.56. The Hall–Kier alpha value is -0.890. The summed E-state index contributed by atoms with van der Waals surface area (Å²) < 4.78 is 12.7. The molecule has 0 aromatic heterocycles. The van der Waals surface area contributed by atoms with Crippen molar-refractivity contribution in [1.82, 2.24) is 0 Å². The Labute approximate surface area is 84.6 Å². The highest BCUT2D eigenvalue weighted by Gasteiger charge is 2.14. The first-order valence-corrected chi connectivity index (χ1v) is 4.94. The van der Waals surface area contributed by atoms with Crippen molar-refractivity contribution in [2.75, 3.05) is 6.67 Å². The zero-order valence-electron chi connectivity index (χ0n) is 8.70. The van der Waals surface area contributed by atoms with Crippen LogP contribution < -0.4 is 0 Å². The molecule has 0 spiro atoms. The molecule has 0 aliphatic carbocycles. The average Bonchev–Trinajstić information content (AvgIpc) is 2.19. The van der Waals surface area contributed by atoms with Crippen LogP contribution in [0.25, 0.3) is 0 Å². The van der Waals surface area contributed by atoms with Gasteiger partial charge in [-0.3, -0.25) is 4.39 Å². The molecule has 0 saturated heterocycles. The maximum absolute atomic E-state index is 12.7. The van der Waals surface area contributed by atoms with Crippen LogP contribution in [0.5, 0.6) is 0 Å². The Bertz CT molecular complexity index is 266. The molecular weight excluding hydrogens is 179 g/mol. The molecule has 1 unspecified atom stereocenters. The minimum Gasteiger partial charge on any atom is -0.392 e. The van der Waals surface area contributed by atoms with Crippen molar-refractivity contribution in [3.8, 4) is 0 Å². The van der Waals surface area contributed by atoms with Gasteiger partial charge in [-0.15, -0.1) is 0 Å². The van der Waals surface area contributed by atoms with Crippen LogP contribution >= 0.6 is 0 Å². The molecule has 1 aromatic rings. The zero-order chi connectivity index (χ0) is 10.6. The highest BCUT2D eigenvalue weighted by molar-refractivity contribution is 5.25. The molecule has 2 heteroatoms. The third kappa shape index (κ3) is 2.55. The summed E-state index contributed by atoms with van der Waals surface area (Å²) in [6.07, 6.45) is 0. The third-order valence-electron chi connectivity index (χ3n) is 2.56. The number of benzene rings is 1. The highest BCUT2D eigenvalue weighted by atomic mass is 19.1. The maximum Gasteiger partial charge on any atom is 0.0965 e. The SMILES string of the molecule is CC(C)C(CF)c1ccc(CO)cc1. The van der Waals surface area contributed by atoms with Gasteiger partial charge in [0.05, 0.1) is 13.3 Å². The first kappa shape index (κ1) is 11.2. The summed E-state index contributed by atoms with van der Waals surface area (Å²) in [4.78, 5) is 0. The molecule has 1 atom stereocenters. The van der Waals surface area contributed by atoms with Crippen LogP contribution in [0.15, 0.2) is 24.3 Å². The van der Waals surface area contributed by atoms with Crippen molar-refractivity contribution < 1.29 is 9.50 Å². The van der Waals surface area contributed by atoms with Crippen molar-refractivity contribution >= 4 is 0 Å². The summed E-state index contributed by atoms with van der Waals surface area (Å²) in [5.74, 6) is 0.280. The Morgan fingerprint density at radius 1 is 1.21 bits per heavy atom. The lowest BCUT2D eigenvalue weighted by molar-refractivity contribution is 0.281. The van der Waals surface area contributed by atoms with E-state index in [0.717, 1.165) is 11.1 Å². The zero-order valence-corrected chi connectivity index (χ0v) is 8.70. The summed E-state index contributed by atoms with van der Waals surface area (Å²) in [7, 11) is 0. The number of aliphatic hydroxyl groups excluding tert-OH is 1. The van der Waals surface area contributed by atoms with Gasteiger partial charge in [-0.2, -0.15) is 0 Å². The summed E-state index contributed by atoms with van der Waals surface area (Å²) in [5.41, 5.74) is 1.88. The van der Waals surface area contributed by atoms with Gasteiger partial charge in [0.25, 0.3) is 0 Å². The smallest absolute Gasteiger partial charge is 0.0965 e. The molecule has 1 rings (SSSR count). The van der Waals surface area contributed by atoms with Crippen molar-refractivity contribution in [2.24, 2.45) is 5.92 Å². The second kappa shape index (κ2) is 5.11. The average molecular weight is 196 g/mol. The van der Waals surface area contributed by atoms with Crippen LogP contribution in [0.2, 0.25) is 0 Å². The van der Waals surface area contributed by atoms with Gasteiger partial charge in [-0.25, -0.2) is 0 Å². The van der Waals surface area contributed by atoms with Gasteiger partial charge in [-0.05, 0) is 17.0 Å². The molecule has 0 bridgehead atoms. The van der Waals surface area contributed by atoms with Crippen molar-refractivity contribution in [3.05, 3.63) is 35.4 Å². The number of alkyl halides is 1. The second-order valence-electron chi connectivity index (χ2n) is 3.90.